The molecule has 1 atom stereocenters. The maximum atomic E-state index is 14.1. The fraction of sp³-hybridized carbons (Fsp3) is 0.308. The second-order valence-electron chi connectivity index (χ2n) is 8.64. The van der Waals surface area contributed by atoms with Gasteiger partial charge in [0.05, 0.1) is 11.5 Å². The first-order chi connectivity index (χ1) is 17.3. The van der Waals surface area contributed by atoms with E-state index in [0.717, 1.165) is 17.8 Å². The van der Waals surface area contributed by atoms with Gasteiger partial charge in [-0.3, -0.25) is 4.79 Å². The highest BCUT2D eigenvalue weighted by Crippen LogP contribution is 2.43. The van der Waals surface area contributed by atoms with Crippen LogP contribution in [0.1, 0.15) is 18.4 Å². The van der Waals surface area contributed by atoms with Gasteiger partial charge in [0.1, 0.15) is 19.0 Å². The molecule has 0 radical (unpaired) electrons. The lowest BCUT2D eigenvalue weighted by molar-refractivity contribution is -0.142. The number of aromatic nitrogens is 1. The molecule has 0 spiro atoms. The maximum absolute atomic E-state index is 14.1. The Balaban J connectivity index is 1.43. The molecule has 1 fully saturated rings. The Kier molecular flexibility index (Phi) is 6.70. The van der Waals surface area contributed by atoms with Crippen LogP contribution in [0.5, 0.6) is 11.5 Å². The summed E-state index contributed by atoms with van der Waals surface area (Å²) in [4.78, 5) is 18.3. The molecule has 1 saturated heterocycles. The molecule has 0 saturated carbocycles. The molecule has 2 aliphatic rings. The van der Waals surface area contributed by atoms with E-state index in [0.29, 0.717) is 72.5 Å². The molecule has 10 heteroatoms. The molecule has 1 N–H and O–H groups in total. The second-order valence-corrected chi connectivity index (χ2v) is 9.76. The topological polar surface area (TPSA) is 71.9 Å². The molecule has 36 heavy (non-hydrogen) atoms. The van der Waals surface area contributed by atoms with E-state index in [1.165, 1.54) is 6.07 Å². The maximum Gasteiger partial charge on any atom is 0.417 e. The fourth-order valence-electron chi connectivity index (χ4n) is 4.39. The summed E-state index contributed by atoms with van der Waals surface area (Å²) in [5.74, 6) is 0.314. The fourth-order valence-corrected chi connectivity index (χ4v) is 5.37. The number of pyridine rings is 1. The Morgan fingerprint density at radius 1 is 1.03 bits per heavy atom. The molecule has 5 rings (SSSR count). The predicted octanol–water partition coefficient (Wildman–Crippen LogP) is 5.99. The van der Waals surface area contributed by atoms with E-state index >= 15 is 0 Å². The van der Waals surface area contributed by atoms with Crippen molar-refractivity contribution in [3.63, 3.8) is 0 Å². The van der Waals surface area contributed by atoms with Crippen molar-refractivity contribution < 1.29 is 32.5 Å². The van der Waals surface area contributed by atoms with E-state index in [9.17, 15) is 23.1 Å². The van der Waals surface area contributed by atoms with Crippen molar-refractivity contribution in [3.8, 4) is 22.6 Å². The summed E-state index contributed by atoms with van der Waals surface area (Å²) < 4.78 is 53.3. The van der Waals surface area contributed by atoms with Gasteiger partial charge in [-0.05, 0) is 66.4 Å². The minimum Gasteiger partial charge on any atom is -0.486 e. The average molecular weight is 517 g/mol. The van der Waals surface area contributed by atoms with Crippen molar-refractivity contribution in [2.24, 2.45) is 5.92 Å². The lowest BCUT2D eigenvalue weighted by atomic mass is 9.98. The highest BCUT2D eigenvalue weighted by Gasteiger charge is 2.34. The number of piperidine rings is 1. The second kappa shape index (κ2) is 9.93. The number of aliphatic carboxylic acids is 1. The number of carbonyl (C=O) groups is 1. The van der Waals surface area contributed by atoms with Crippen LogP contribution in [0.25, 0.3) is 11.1 Å². The molecule has 0 aliphatic carbocycles. The van der Waals surface area contributed by atoms with Gasteiger partial charge in [-0.25, -0.2) is 4.98 Å². The highest BCUT2D eigenvalue weighted by molar-refractivity contribution is 7.99. The van der Waals surface area contributed by atoms with Crippen LogP contribution in [-0.2, 0) is 11.0 Å². The van der Waals surface area contributed by atoms with Gasteiger partial charge >= 0.3 is 12.1 Å². The van der Waals surface area contributed by atoms with Crippen LogP contribution < -0.4 is 14.4 Å². The number of nitrogens with zero attached hydrogens (tertiary/aromatic N) is 2. The number of hydrogen-bond donors (Lipinski definition) is 1. The molecule has 6 nitrogen and oxygen atoms in total. The van der Waals surface area contributed by atoms with Gasteiger partial charge in [0, 0.05) is 29.1 Å². The number of rotatable bonds is 5. The SMILES string of the molecule is O=C(O)C1CCCN(c2cc(-c3ccc(Sc4ccc5c(c4)OCCO5)c(C(F)(F)F)c3)ccn2)C1. The number of alkyl halides is 3. The van der Waals surface area contributed by atoms with E-state index < -0.39 is 23.6 Å². The van der Waals surface area contributed by atoms with E-state index in [2.05, 4.69) is 4.98 Å². The molecule has 0 bridgehead atoms. The third kappa shape index (κ3) is 5.23. The van der Waals surface area contributed by atoms with Crippen molar-refractivity contribution in [1.82, 2.24) is 4.98 Å². The van der Waals surface area contributed by atoms with Crippen molar-refractivity contribution in [2.45, 2.75) is 28.8 Å². The lowest BCUT2D eigenvalue weighted by Gasteiger charge is -2.31. The molecule has 188 valence electrons. The first-order valence-electron chi connectivity index (χ1n) is 11.5. The number of hydrogen-bond acceptors (Lipinski definition) is 6. The predicted molar refractivity (Wildman–Crippen MR) is 129 cm³/mol. The molecule has 2 aliphatic heterocycles. The highest BCUT2D eigenvalue weighted by atomic mass is 32.2. The third-order valence-corrected chi connectivity index (χ3v) is 7.27. The average Bonchev–Trinajstić information content (AvgIpc) is 2.88. The summed E-state index contributed by atoms with van der Waals surface area (Å²) in [6.07, 6.45) is -1.69. The Bertz CT molecular complexity index is 1280. The zero-order valence-electron chi connectivity index (χ0n) is 19.1. The smallest absolute Gasteiger partial charge is 0.417 e. The number of benzene rings is 2. The van der Waals surface area contributed by atoms with Crippen LogP contribution in [0.2, 0.25) is 0 Å². The minimum absolute atomic E-state index is 0.0811. The van der Waals surface area contributed by atoms with Crippen LogP contribution in [-0.4, -0.2) is 42.4 Å². The van der Waals surface area contributed by atoms with Crippen molar-refractivity contribution >= 4 is 23.5 Å². The number of anilines is 1. The molecular weight excluding hydrogens is 493 g/mol. The molecule has 0 amide bonds. The van der Waals surface area contributed by atoms with Crippen LogP contribution in [0.15, 0.2) is 64.5 Å². The van der Waals surface area contributed by atoms with E-state index in [4.69, 9.17) is 9.47 Å². The third-order valence-electron chi connectivity index (χ3n) is 6.20. The van der Waals surface area contributed by atoms with Crippen molar-refractivity contribution in [1.29, 1.82) is 0 Å². The molecular formula is C26H23F3N2O4S. The molecule has 2 aromatic carbocycles. The summed E-state index contributed by atoms with van der Waals surface area (Å²) in [6, 6.07) is 12.8. The zero-order valence-corrected chi connectivity index (χ0v) is 19.9. The number of carboxylic acids is 1. The van der Waals surface area contributed by atoms with Gasteiger partial charge in [-0.1, -0.05) is 17.8 Å². The minimum atomic E-state index is -4.55. The Labute approximate surface area is 210 Å². The van der Waals surface area contributed by atoms with E-state index in [1.807, 2.05) is 4.90 Å². The van der Waals surface area contributed by atoms with Crippen molar-refractivity contribution in [2.75, 3.05) is 31.2 Å². The van der Waals surface area contributed by atoms with Crippen LogP contribution in [0.3, 0.4) is 0 Å². The Morgan fingerprint density at radius 2 is 1.81 bits per heavy atom. The number of carboxylic acid groups (broad SMARTS) is 1. The lowest BCUT2D eigenvalue weighted by Crippen LogP contribution is -2.39. The van der Waals surface area contributed by atoms with Gasteiger partial charge in [-0.2, -0.15) is 13.2 Å². The molecule has 1 aromatic heterocycles. The Morgan fingerprint density at radius 3 is 2.58 bits per heavy atom. The van der Waals surface area contributed by atoms with Gasteiger partial charge in [0.15, 0.2) is 11.5 Å². The molecule has 3 aromatic rings. The first kappa shape index (κ1) is 24.3. The van der Waals surface area contributed by atoms with Crippen LogP contribution in [0, 0.1) is 5.92 Å². The standard InChI is InChI=1S/C26H23F3N2O4S/c27-26(28,29)20-12-16(3-6-23(20)36-19-4-5-21-22(14-19)35-11-10-34-21)17-7-8-30-24(13-17)31-9-1-2-18(15-31)25(32)33/h3-8,12-14,18H,1-2,9-11,15H2,(H,32,33). The number of ether oxygens (including phenoxy) is 2. The van der Waals surface area contributed by atoms with Gasteiger partial charge in [-0.15, -0.1) is 0 Å². The first-order valence-corrected chi connectivity index (χ1v) is 12.3. The molecule has 3 heterocycles. The zero-order chi connectivity index (χ0) is 25.3. The number of halogens is 3. The van der Waals surface area contributed by atoms with Crippen molar-refractivity contribution in [3.05, 3.63) is 60.3 Å². The van der Waals surface area contributed by atoms with Gasteiger partial charge in [0.25, 0.3) is 0 Å². The van der Waals surface area contributed by atoms with E-state index in [-0.39, 0.29) is 4.90 Å². The summed E-state index contributed by atoms with van der Waals surface area (Å²) >= 11 is 1.01. The summed E-state index contributed by atoms with van der Waals surface area (Å²) in [7, 11) is 0. The summed E-state index contributed by atoms with van der Waals surface area (Å²) in [5, 5.41) is 9.36. The number of fused-ring (bicyclic) bond motifs is 1. The van der Waals surface area contributed by atoms with Gasteiger partial charge < -0.3 is 19.5 Å². The summed E-state index contributed by atoms with van der Waals surface area (Å²) in [5.41, 5.74) is 0.255. The van der Waals surface area contributed by atoms with Crippen LogP contribution >= 0.6 is 11.8 Å². The summed E-state index contributed by atoms with van der Waals surface area (Å²) in [6.45, 7) is 1.81. The van der Waals surface area contributed by atoms with Crippen LogP contribution in [0.4, 0.5) is 19.0 Å². The quantitative estimate of drug-likeness (QED) is 0.447. The van der Waals surface area contributed by atoms with E-state index in [1.54, 1.807) is 42.6 Å². The largest absolute Gasteiger partial charge is 0.486 e. The van der Waals surface area contributed by atoms with Gasteiger partial charge in [0.2, 0.25) is 0 Å². The molecule has 1 unspecified atom stereocenters. The normalized spacial score (nSPS) is 17.6. The monoisotopic (exact) mass is 516 g/mol. The Hall–Kier alpha value is -3.40.